The van der Waals surface area contributed by atoms with Gasteiger partial charge in [0.2, 0.25) is 5.91 Å². The van der Waals surface area contributed by atoms with E-state index in [4.69, 9.17) is 21.1 Å². The first-order valence-corrected chi connectivity index (χ1v) is 11.7. The fraction of sp³-hybridized carbons (Fsp3) is 0.320. The van der Waals surface area contributed by atoms with Gasteiger partial charge in [0.15, 0.2) is 0 Å². The maximum absolute atomic E-state index is 13.5. The van der Waals surface area contributed by atoms with Gasteiger partial charge in [-0.05, 0) is 37.6 Å². The Hall–Kier alpha value is -3.27. The van der Waals surface area contributed by atoms with E-state index in [9.17, 15) is 9.18 Å². The molecule has 1 aromatic heterocycles. The van der Waals surface area contributed by atoms with Crippen LogP contribution in [0.4, 0.5) is 21.6 Å². The summed E-state index contributed by atoms with van der Waals surface area (Å²) < 4.78 is 24.5. The van der Waals surface area contributed by atoms with Crippen molar-refractivity contribution >= 4 is 45.6 Å². The number of halogens is 2. The summed E-state index contributed by atoms with van der Waals surface area (Å²) in [6, 6.07) is 8.22. The zero-order valence-electron chi connectivity index (χ0n) is 19.6. The number of ether oxygens (including phenoxy) is 2. The molecule has 3 aromatic rings. The van der Waals surface area contributed by atoms with Gasteiger partial charge >= 0.3 is 0 Å². The Labute approximate surface area is 208 Å². The van der Waals surface area contributed by atoms with Gasteiger partial charge < -0.3 is 20.1 Å². The Morgan fingerprint density at radius 3 is 2.89 bits per heavy atom. The molecule has 1 amide bonds. The number of likely N-dealkylation sites (tertiary alicyclic amines) is 1. The number of fused-ring (bicyclic) bond motifs is 1. The average molecular weight is 500 g/mol. The lowest BCUT2D eigenvalue weighted by atomic mass is 10.0. The fourth-order valence-corrected chi connectivity index (χ4v) is 4.03. The van der Waals surface area contributed by atoms with Crippen LogP contribution in [-0.4, -0.2) is 60.2 Å². The molecule has 0 spiro atoms. The Kier molecular flexibility index (Phi) is 8.12. The molecule has 4 rings (SSSR count). The molecule has 0 aliphatic carbocycles. The van der Waals surface area contributed by atoms with E-state index in [0.717, 1.165) is 13.0 Å². The number of benzene rings is 2. The summed E-state index contributed by atoms with van der Waals surface area (Å²) in [5.74, 6) is 0.200. The van der Waals surface area contributed by atoms with Crippen molar-refractivity contribution < 1.29 is 18.7 Å². The van der Waals surface area contributed by atoms with Gasteiger partial charge in [-0.3, -0.25) is 9.69 Å². The van der Waals surface area contributed by atoms with Gasteiger partial charge in [0.1, 0.15) is 23.7 Å². The summed E-state index contributed by atoms with van der Waals surface area (Å²) in [5, 5.41) is 6.68. The molecule has 1 atom stereocenters. The maximum atomic E-state index is 13.5. The number of anilines is 3. The van der Waals surface area contributed by atoms with E-state index in [1.165, 1.54) is 24.5 Å². The molecule has 1 aliphatic rings. The van der Waals surface area contributed by atoms with E-state index in [1.807, 2.05) is 13.0 Å². The van der Waals surface area contributed by atoms with Crippen molar-refractivity contribution in [2.45, 2.75) is 19.4 Å². The predicted molar refractivity (Wildman–Crippen MR) is 135 cm³/mol. The molecule has 0 bridgehead atoms. The first-order valence-electron chi connectivity index (χ1n) is 11.3. The molecule has 2 heterocycles. The van der Waals surface area contributed by atoms with Gasteiger partial charge in [-0.2, -0.15) is 0 Å². The van der Waals surface area contributed by atoms with Crippen molar-refractivity contribution in [3.05, 3.63) is 59.7 Å². The largest absolute Gasteiger partial charge is 0.492 e. The van der Waals surface area contributed by atoms with E-state index < -0.39 is 5.82 Å². The van der Waals surface area contributed by atoms with Gasteiger partial charge in [-0.25, -0.2) is 14.4 Å². The van der Waals surface area contributed by atoms with E-state index in [2.05, 4.69) is 25.5 Å². The molecule has 0 unspecified atom stereocenters. The van der Waals surface area contributed by atoms with Crippen molar-refractivity contribution in [2.75, 3.05) is 44.0 Å². The Morgan fingerprint density at radius 2 is 2.17 bits per heavy atom. The lowest BCUT2D eigenvalue weighted by molar-refractivity contribution is -0.111. The van der Waals surface area contributed by atoms with Crippen LogP contribution in [0.15, 0.2) is 48.8 Å². The second-order valence-electron chi connectivity index (χ2n) is 8.06. The number of amides is 1. The normalized spacial score (nSPS) is 15.8. The summed E-state index contributed by atoms with van der Waals surface area (Å²) in [4.78, 5) is 23.5. The summed E-state index contributed by atoms with van der Waals surface area (Å²) in [7, 11) is 1.69. The molecule has 35 heavy (non-hydrogen) atoms. The lowest BCUT2D eigenvalue weighted by Crippen LogP contribution is -2.50. The van der Waals surface area contributed by atoms with Gasteiger partial charge in [-0.15, -0.1) is 0 Å². The first-order chi connectivity index (χ1) is 17.0. The Balaban J connectivity index is 1.54. The minimum absolute atomic E-state index is 0.00139. The third kappa shape index (κ3) is 6.05. The minimum Gasteiger partial charge on any atom is -0.492 e. The fourth-order valence-electron chi connectivity index (χ4n) is 3.85. The number of aromatic nitrogens is 2. The predicted octanol–water partition coefficient (Wildman–Crippen LogP) is 4.78. The highest BCUT2D eigenvalue weighted by Gasteiger charge is 2.26. The second-order valence-corrected chi connectivity index (χ2v) is 8.47. The number of hydrogen-bond donors (Lipinski definition) is 2. The molecular formula is C25H27ClFN5O3. The molecule has 1 fully saturated rings. The number of carbonyl (C=O) groups excluding carboxylic acids is 1. The summed E-state index contributed by atoms with van der Waals surface area (Å²) >= 11 is 5.91. The number of methoxy groups -OCH3 is 1. The topological polar surface area (TPSA) is 88.6 Å². The van der Waals surface area contributed by atoms with Crippen LogP contribution in [0.5, 0.6) is 5.75 Å². The molecule has 1 saturated heterocycles. The van der Waals surface area contributed by atoms with E-state index in [0.29, 0.717) is 59.6 Å². The van der Waals surface area contributed by atoms with Crippen molar-refractivity contribution in [3.63, 3.8) is 0 Å². The van der Waals surface area contributed by atoms with E-state index in [1.54, 1.807) is 25.3 Å². The average Bonchev–Trinajstić information content (AvgIpc) is 2.83. The molecule has 1 aliphatic heterocycles. The summed E-state index contributed by atoms with van der Waals surface area (Å²) in [6.45, 7) is 4.65. The lowest BCUT2D eigenvalue weighted by Gasteiger charge is -2.39. The zero-order chi connectivity index (χ0) is 24.8. The van der Waals surface area contributed by atoms with Gasteiger partial charge in [0, 0.05) is 49.5 Å². The molecular weight excluding hydrogens is 473 g/mol. The molecule has 0 radical (unpaired) electrons. The van der Waals surface area contributed by atoms with Crippen molar-refractivity contribution in [2.24, 2.45) is 0 Å². The standard InChI is InChI=1S/C25H27ClFN5O3/c1-3-35-23-13-21-18(25(29-15-28-21)30-16-6-7-20(27)19(26)11-16)12-22(23)31-24(33)5-4-9-32-10-8-17(32)14-34-2/h4-7,11-13,15,17H,3,8-10,14H2,1-2H3,(H,31,33)(H,28,29,30)/t17-/m1/s1. The van der Waals surface area contributed by atoms with Crippen LogP contribution in [0, 0.1) is 5.82 Å². The Bertz CT molecular complexity index is 1240. The molecule has 2 aromatic carbocycles. The van der Waals surface area contributed by atoms with Crippen LogP contribution in [0.2, 0.25) is 5.02 Å². The van der Waals surface area contributed by atoms with Crippen LogP contribution >= 0.6 is 11.6 Å². The van der Waals surface area contributed by atoms with Gasteiger partial charge in [0.05, 0.1) is 29.4 Å². The SMILES string of the molecule is CCOc1cc2ncnc(Nc3ccc(F)c(Cl)c3)c2cc1NC(=O)C=CCN1CC[C@@H]1COC. The van der Waals surface area contributed by atoms with Crippen LogP contribution in [0.3, 0.4) is 0 Å². The maximum Gasteiger partial charge on any atom is 0.248 e. The molecule has 184 valence electrons. The van der Waals surface area contributed by atoms with Crippen LogP contribution in [0.25, 0.3) is 10.9 Å². The van der Waals surface area contributed by atoms with Crippen LogP contribution in [-0.2, 0) is 9.53 Å². The third-order valence-electron chi connectivity index (χ3n) is 5.71. The molecule has 8 nitrogen and oxygen atoms in total. The third-order valence-corrected chi connectivity index (χ3v) is 6.00. The first kappa shape index (κ1) is 24.8. The van der Waals surface area contributed by atoms with Crippen LogP contribution in [0.1, 0.15) is 13.3 Å². The number of nitrogens with zero attached hydrogens (tertiary/aromatic N) is 3. The monoisotopic (exact) mass is 499 g/mol. The van der Waals surface area contributed by atoms with Crippen molar-refractivity contribution in [1.29, 1.82) is 0 Å². The highest BCUT2D eigenvalue weighted by Crippen LogP contribution is 2.34. The van der Waals surface area contributed by atoms with Crippen molar-refractivity contribution in [3.8, 4) is 5.75 Å². The number of carbonyl (C=O) groups is 1. The molecule has 0 saturated carbocycles. The van der Waals surface area contributed by atoms with Crippen molar-refractivity contribution in [1.82, 2.24) is 14.9 Å². The highest BCUT2D eigenvalue weighted by molar-refractivity contribution is 6.31. The number of hydrogen-bond acceptors (Lipinski definition) is 7. The minimum atomic E-state index is -0.507. The smallest absolute Gasteiger partial charge is 0.248 e. The van der Waals surface area contributed by atoms with Gasteiger partial charge in [-0.1, -0.05) is 17.7 Å². The summed E-state index contributed by atoms with van der Waals surface area (Å²) in [5.41, 5.74) is 1.68. The summed E-state index contributed by atoms with van der Waals surface area (Å²) in [6.07, 6.45) is 5.88. The van der Waals surface area contributed by atoms with E-state index in [-0.39, 0.29) is 10.9 Å². The molecule has 2 N–H and O–H groups in total. The van der Waals surface area contributed by atoms with Gasteiger partial charge in [0.25, 0.3) is 0 Å². The second kappa shape index (κ2) is 11.4. The number of nitrogens with one attached hydrogen (secondary N) is 2. The number of rotatable bonds is 10. The molecule has 10 heteroatoms. The zero-order valence-corrected chi connectivity index (χ0v) is 20.3. The van der Waals surface area contributed by atoms with Crippen LogP contribution < -0.4 is 15.4 Å². The Morgan fingerprint density at radius 1 is 1.31 bits per heavy atom. The quantitative estimate of drug-likeness (QED) is 0.388. The van der Waals surface area contributed by atoms with E-state index >= 15 is 0 Å². The highest BCUT2D eigenvalue weighted by atomic mass is 35.5.